The number of aryl methyl sites for hydroxylation is 1. The Morgan fingerprint density at radius 1 is 1.17 bits per heavy atom. The van der Waals surface area contributed by atoms with E-state index in [4.69, 9.17) is 4.74 Å². The first-order chi connectivity index (χ1) is 13.9. The molecule has 2 aliphatic rings. The van der Waals surface area contributed by atoms with Crippen molar-refractivity contribution in [2.75, 3.05) is 11.5 Å². The molecule has 0 radical (unpaired) electrons. The summed E-state index contributed by atoms with van der Waals surface area (Å²) in [7, 11) is 0. The van der Waals surface area contributed by atoms with E-state index in [9.17, 15) is 14.4 Å². The number of fused-ring (bicyclic) bond motifs is 2. The first-order valence-electron chi connectivity index (χ1n) is 9.81. The predicted molar refractivity (Wildman–Crippen MR) is 110 cm³/mol. The molecule has 0 saturated heterocycles. The molecule has 0 fully saturated rings. The van der Waals surface area contributed by atoms with Crippen LogP contribution in [0.5, 0.6) is 0 Å². The van der Waals surface area contributed by atoms with E-state index >= 15 is 0 Å². The molecule has 2 aromatic rings. The number of nitrogens with zero attached hydrogens (tertiary/aromatic N) is 1. The first-order valence-corrected chi connectivity index (χ1v) is 9.81. The van der Waals surface area contributed by atoms with Crippen molar-refractivity contribution in [3.8, 4) is 0 Å². The van der Waals surface area contributed by atoms with Crippen molar-refractivity contribution in [2.45, 2.75) is 38.5 Å². The van der Waals surface area contributed by atoms with Gasteiger partial charge >= 0.3 is 5.97 Å². The normalized spacial score (nSPS) is 22.6. The Bertz CT molecular complexity index is 1040. The Balaban J connectivity index is 2.01. The lowest BCUT2D eigenvalue weighted by Gasteiger charge is -2.33. The molecule has 5 heteroatoms. The topological polar surface area (TPSA) is 63.7 Å². The van der Waals surface area contributed by atoms with E-state index in [1.165, 1.54) is 11.8 Å². The van der Waals surface area contributed by atoms with Gasteiger partial charge in [0, 0.05) is 12.8 Å². The maximum Gasteiger partial charge on any atom is 0.335 e. The van der Waals surface area contributed by atoms with Crippen LogP contribution < -0.4 is 4.90 Å². The van der Waals surface area contributed by atoms with Gasteiger partial charge in [0.25, 0.3) is 0 Å². The van der Waals surface area contributed by atoms with Gasteiger partial charge in [-0.1, -0.05) is 48.5 Å². The fourth-order valence-corrected chi connectivity index (χ4v) is 4.76. The smallest absolute Gasteiger partial charge is 0.335 e. The fourth-order valence-electron chi connectivity index (χ4n) is 4.76. The zero-order valence-electron chi connectivity index (χ0n) is 16.8. The predicted octanol–water partition coefficient (Wildman–Crippen LogP) is 3.80. The Hall–Kier alpha value is -3.21. The third kappa shape index (κ3) is 2.64. The summed E-state index contributed by atoms with van der Waals surface area (Å²) in [5.74, 6) is -1.53. The molecular weight excluding hydrogens is 366 g/mol. The number of carbonyl (C=O) groups is 3. The molecule has 0 unspecified atom stereocenters. The molecular formula is C24H23NO4. The average molecular weight is 389 g/mol. The van der Waals surface area contributed by atoms with Gasteiger partial charge in [-0.25, -0.2) is 9.69 Å². The summed E-state index contributed by atoms with van der Waals surface area (Å²) in [6.07, 6.45) is 2.32. The zero-order valence-corrected chi connectivity index (χ0v) is 16.8. The lowest BCUT2D eigenvalue weighted by molar-refractivity contribution is -0.141. The highest BCUT2D eigenvalue weighted by Gasteiger charge is 2.62. The lowest BCUT2D eigenvalue weighted by atomic mass is 9.66. The van der Waals surface area contributed by atoms with E-state index in [2.05, 4.69) is 0 Å². The van der Waals surface area contributed by atoms with Crippen molar-refractivity contribution < 1.29 is 19.1 Å². The molecule has 29 heavy (non-hydrogen) atoms. The summed E-state index contributed by atoms with van der Waals surface area (Å²) in [5, 5.41) is 0. The summed E-state index contributed by atoms with van der Waals surface area (Å²) in [4.78, 5) is 40.5. The van der Waals surface area contributed by atoms with Crippen LogP contribution in [0.4, 0.5) is 5.69 Å². The molecule has 0 saturated carbocycles. The number of esters is 1. The van der Waals surface area contributed by atoms with Gasteiger partial charge in [-0.15, -0.1) is 0 Å². The Morgan fingerprint density at radius 3 is 2.55 bits per heavy atom. The van der Waals surface area contributed by atoms with Gasteiger partial charge in [0.2, 0.25) is 11.8 Å². The van der Waals surface area contributed by atoms with E-state index in [1.807, 2.05) is 55.5 Å². The Morgan fingerprint density at radius 2 is 1.90 bits per heavy atom. The second-order valence-electron chi connectivity index (χ2n) is 7.53. The molecule has 0 N–H and O–H groups in total. The third-order valence-corrected chi connectivity index (χ3v) is 5.88. The van der Waals surface area contributed by atoms with Gasteiger partial charge in [0.05, 0.1) is 17.9 Å². The molecule has 2 aromatic carbocycles. The van der Waals surface area contributed by atoms with Crippen molar-refractivity contribution in [1.82, 2.24) is 0 Å². The molecule has 2 amide bonds. The number of rotatable bonds is 3. The van der Waals surface area contributed by atoms with Crippen LogP contribution in [0.2, 0.25) is 0 Å². The lowest BCUT2D eigenvalue weighted by Crippen LogP contribution is -2.47. The van der Waals surface area contributed by atoms with Gasteiger partial charge < -0.3 is 4.74 Å². The Kier molecular flexibility index (Phi) is 4.61. The Labute approximate surface area is 170 Å². The number of anilines is 1. The van der Waals surface area contributed by atoms with E-state index in [1.54, 1.807) is 13.0 Å². The largest absolute Gasteiger partial charge is 0.463 e. The van der Waals surface area contributed by atoms with E-state index < -0.39 is 11.4 Å². The molecule has 2 atom stereocenters. The van der Waals surface area contributed by atoms with Crippen LogP contribution >= 0.6 is 0 Å². The second-order valence-corrected chi connectivity index (χ2v) is 7.53. The van der Waals surface area contributed by atoms with Gasteiger partial charge in [-0.3, -0.25) is 9.59 Å². The molecule has 0 aromatic heterocycles. The number of hydrogen-bond acceptors (Lipinski definition) is 4. The minimum Gasteiger partial charge on any atom is -0.463 e. The quantitative estimate of drug-likeness (QED) is 0.749. The summed E-state index contributed by atoms with van der Waals surface area (Å²) >= 11 is 0. The number of imide groups is 1. The van der Waals surface area contributed by atoms with Gasteiger partial charge in [0.15, 0.2) is 0 Å². The number of allylic oxidation sites excluding steroid dienone is 1. The summed E-state index contributed by atoms with van der Waals surface area (Å²) in [6, 6.07) is 15.3. The molecule has 148 valence electrons. The highest BCUT2D eigenvalue weighted by molar-refractivity contribution is 6.26. The number of carbonyl (C=O) groups excluding carboxylic acids is 3. The SMILES string of the molecule is CCOC(=O)C1=CC[C@H](c2ccccc2)[C@@]12C(=O)N(C(C)=O)c1cc(C)ccc12. The minimum atomic E-state index is -1.26. The van der Waals surface area contributed by atoms with Crippen LogP contribution in [0.1, 0.15) is 42.9 Å². The number of amides is 2. The molecule has 0 bridgehead atoms. The second kappa shape index (κ2) is 6.99. The third-order valence-electron chi connectivity index (χ3n) is 5.88. The highest BCUT2D eigenvalue weighted by Crippen LogP contribution is 2.58. The van der Waals surface area contributed by atoms with Crippen molar-refractivity contribution in [1.29, 1.82) is 0 Å². The van der Waals surface area contributed by atoms with Crippen molar-refractivity contribution in [3.05, 3.63) is 76.9 Å². The fraction of sp³-hybridized carbons (Fsp3) is 0.292. The highest BCUT2D eigenvalue weighted by atomic mass is 16.5. The van der Waals surface area contributed by atoms with Crippen LogP contribution in [0.3, 0.4) is 0 Å². The van der Waals surface area contributed by atoms with Crippen LogP contribution in [-0.4, -0.2) is 24.4 Å². The number of hydrogen-bond donors (Lipinski definition) is 0. The van der Waals surface area contributed by atoms with Crippen LogP contribution in [0.15, 0.2) is 60.2 Å². The van der Waals surface area contributed by atoms with Crippen LogP contribution in [0, 0.1) is 6.92 Å². The molecule has 4 rings (SSSR count). The standard InChI is InChI=1S/C24H23NO4/c1-4-29-22(27)20-13-12-18(17-8-6-5-7-9-17)24(20)19-11-10-15(2)14-21(19)25(16(3)26)23(24)28/h5-11,13-14,18H,4,12H2,1-3H3/t18-,24+/m1/s1. The van der Waals surface area contributed by atoms with Gasteiger partial charge in [-0.05, 0) is 43.0 Å². The van der Waals surface area contributed by atoms with E-state index in [0.717, 1.165) is 11.1 Å². The maximum absolute atomic E-state index is 13.9. The molecule has 1 heterocycles. The van der Waals surface area contributed by atoms with E-state index in [0.29, 0.717) is 23.2 Å². The van der Waals surface area contributed by atoms with Crippen molar-refractivity contribution >= 4 is 23.5 Å². The summed E-state index contributed by atoms with van der Waals surface area (Å²) in [6.45, 7) is 5.25. The number of benzene rings is 2. The molecule has 1 aliphatic heterocycles. The van der Waals surface area contributed by atoms with Gasteiger partial charge in [0.1, 0.15) is 5.41 Å². The van der Waals surface area contributed by atoms with Crippen molar-refractivity contribution in [2.24, 2.45) is 0 Å². The first kappa shape index (κ1) is 19.1. The van der Waals surface area contributed by atoms with Crippen molar-refractivity contribution in [3.63, 3.8) is 0 Å². The van der Waals surface area contributed by atoms with Crippen LogP contribution in [-0.2, 0) is 24.5 Å². The van der Waals surface area contributed by atoms with Gasteiger partial charge in [-0.2, -0.15) is 0 Å². The van der Waals surface area contributed by atoms with E-state index in [-0.39, 0.29) is 24.3 Å². The van der Waals surface area contributed by atoms with Crippen LogP contribution in [0.25, 0.3) is 0 Å². The maximum atomic E-state index is 13.9. The monoisotopic (exact) mass is 389 g/mol. The zero-order chi connectivity index (χ0) is 20.8. The average Bonchev–Trinajstić information content (AvgIpc) is 3.20. The minimum absolute atomic E-state index is 0.216. The molecule has 1 spiro atoms. The summed E-state index contributed by atoms with van der Waals surface area (Å²) in [5.41, 5.74) is 2.20. The number of ether oxygens (including phenoxy) is 1. The molecule has 5 nitrogen and oxygen atoms in total. The molecule has 1 aliphatic carbocycles. The summed E-state index contributed by atoms with van der Waals surface area (Å²) < 4.78 is 5.32.